The second kappa shape index (κ2) is 8.49. The van der Waals surface area contributed by atoms with Crippen molar-refractivity contribution in [2.24, 2.45) is 0 Å². The number of hydrogen-bond acceptors (Lipinski definition) is 4. The minimum absolute atomic E-state index is 0.247. The Labute approximate surface area is 135 Å². The minimum atomic E-state index is 0.247. The van der Waals surface area contributed by atoms with Crippen LogP contribution in [0.3, 0.4) is 0 Å². The maximum Gasteiger partial charge on any atom is 0.123 e. The van der Waals surface area contributed by atoms with Crippen molar-refractivity contribution in [1.29, 1.82) is 0 Å². The lowest BCUT2D eigenvalue weighted by atomic mass is 10.1. The molecular weight excluding hydrogens is 304 g/mol. The predicted octanol–water partition coefficient (Wildman–Crippen LogP) is 3.75. The van der Waals surface area contributed by atoms with Crippen LogP contribution in [0.2, 0.25) is 0 Å². The van der Waals surface area contributed by atoms with Crippen LogP contribution in [-0.4, -0.2) is 34.7 Å². The van der Waals surface area contributed by atoms with Crippen molar-refractivity contribution in [3.8, 4) is 10.6 Å². The fraction of sp³-hybridized carbons (Fsp3) is 0.438. The third-order valence-corrected chi connectivity index (χ3v) is 4.56. The molecule has 0 saturated heterocycles. The number of rotatable bonds is 8. The molecule has 2 aromatic rings. The van der Waals surface area contributed by atoms with Crippen LogP contribution in [0.15, 0.2) is 29.6 Å². The molecule has 1 aromatic heterocycles. The molecule has 0 aliphatic carbocycles. The van der Waals surface area contributed by atoms with Crippen LogP contribution >= 0.6 is 22.9 Å². The summed E-state index contributed by atoms with van der Waals surface area (Å²) in [6.07, 6.45) is 0.819. The lowest BCUT2D eigenvalue weighted by molar-refractivity contribution is 0.225. The van der Waals surface area contributed by atoms with E-state index in [0.717, 1.165) is 42.3 Å². The fourth-order valence-corrected chi connectivity index (χ4v) is 3.25. The molecule has 114 valence electrons. The van der Waals surface area contributed by atoms with Crippen molar-refractivity contribution in [3.05, 3.63) is 40.9 Å². The van der Waals surface area contributed by atoms with Gasteiger partial charge in [0.1, 0.15) is 5.01 Å². The van der Waals surface area contributed by atoms with Crippen LogP contribution < -0.4 is 0 Å². The first-order valence-corrected chi connectivity index (χ1v) is 8.61. The number of hydrogen-bond donors (Lipinski definition) is 1. The summed E-state index contributed by atoms with van der Waals surface area (Å²) in [6.45, 7) is 5.20. The highest BCUT2D eigenvalue weighted by Gasteiger charge is 2.07. The van der Waals surface area contributed by atoms with Crippen LogP contribution in [0.1, 0.15) is 24.6 Å². The van der Waals surface area contributed by atoms with Crippen LogP contribution in [0, 0.1) is 0 Å². The second-order valence-corrected chi connectivity index (χ2v) is 6.05. The summed E-state index contributed by atoms with van der Waals surface area (Å²) >= 11 is 7.44. The quantitative estimate of drug-likeness (QED) is 0.751. The second-order valence-electron chi connectivity index (χ2n) is 4.92. The van der Waals surface area contributed by atoms with Gasteiger partial charge in [0, 0.05) is 30.6 Å². The van der Waals surface area contributed by atoms with E-state index in [4.69, 9.17) is 16.7 Å². The number of aromatic nitrogens is 1. The van der Waals surface area contributed by atoms with E-state index in [1.807, 2.05) is 5.38 Å². The van der Waals surface area contributed by atoms with Gasteiger partial charge in [-0.2, -0.15) is 0 Å². The number of aliphatic hydroxyl groups excluding tert-OH is 1. The van der Waals surface area contributed by atoms with Crippen LogP contribution in [0.4, 0.5) is 0 Å². The van der Waals surface area contributed by atoms with Crippen molar-refractivity contribution < 1.29 is 5.11 Å². The molecule has 3 nitrogen and oxygen atoms in total. The summed E-state index contributed by atoms with van der Waals surface area (Å²) in [7, 11) is 0. The van der Waals surface area contributed by atoms with Crippen LogP contribution in [-0.2, 0) is 12.4 Å². The van der Waals surface area contributed by atoms with Gasteiger partial charge in [-0.25, -0.2) is 4.98 Å². The van der Waals surface area contributed by atoms with Crippen molar-refractivity contribution >= 4 is 22.9 Å². The maximum absolute atomic E-state index is 8.95. The smallest absolute Gasteiger partial charge is 0.123 e. The number of alkyl halides is 1. The zero-order valence-corrected chi connectivity index (χ0v) is 13.8. The Morgan fingerprint density at radius 3 is 2.90 bits per heavy atom. The maximum atomic E-state index is 8.95. The van der Waals surface area contributed by atoms with E-state index >= 15 is 0 Å². The van der Waals surface area contributed by atoms with E-state index in [-0.39, 0.29) is 6.61 Å². The molecule has 21 heavy (non-hydrogen) atoms. The molecule has 0 bridgehead atoms. The number of aliphatic hydroxyl groups is 1. The fourth-order valence-electron chi connectivity index (χ4n) is 2.21. The predicted molar refractivity (Wildman–Crippen MR) is 89.8 cm³/mol. The summed E-state index contributed by atoms with van der Waals surface area (Å²) in [5, 5.41) is 12.0. The molecular formula is C16H21ClN2OS. The number of benzene rings is 1. The highest BCUT2D eigenvalue weighted by atomic mass is 35.5. The van der Waals surface area contributed by atoms with Gasteiger partial charge in [-0.1, -0.05) is 25.1 Å². The van der Waals surface area contributed by atoms with Gasteiger partial charge in [0.05, 0.1) is 11.6 Å². The van der Waals surface area contributed by atoms with Crippen molar-refractivity contribution in [1.82, 2.24) is 9.88 Å². The molecule has 0 saturated carbocycles. The Balaban J connectivity index is 2.09. The van der Waals surface area contributed by atoms with E-state index in [0.29, 0.717) is 5.88 Å². The largest absolute Gasteiger partial charge is 0.396 e. The Bertz CT molecular complexity index is 559. The Morgan fingerprint density at radius 2 is 2.24 bits per heavy atom. The lowest BCUT2D eigenvalue weighted by Gasteiger charge is -2.20. The van der Waals surface area contributed by atoms with Crippen molar-refractivity contribution in [2.45, 2.75) is 25.8 Å². The van der Waals surface area contributed by atoms with Gasteiger partial charge < -0.3 is 5.11 Å². The summed E-state index contributed by atoms with van der Waals surface area (Å²) in [5.74, 6) is 0.459. The first kappa shape index (κ1) is 16.4. The van der Waals surface area contributed by atoms with Gasteiger partial charge in [-0.05, 0) is 24.6 Å². The molecule has 0 aliphatic rings. The Hall–Kier alpha value is -0.940. The number of nitrogens with zero attached hydrogens (tertiary/aromatic N) is 2. The lowest BCUT2D eigenvalue weighted by Crippen LogP contribution is -2.24. The molecule has 0 atom stereocenters. The standard InChI is InChI=1S/C16H21ClN2OS/c1-2-19(7-4-8-20)11-13-5-3-6-14(9-13)16-18-15(10-17)12-21-16/h3,5-6,9,12,20H,2,4,7-8,10-11H2,1H3. The third kappa shape index (κ3) is 4.78. The zero-order chi connectivity index (χ0) is 15.1. The zero-order valence-electron chi connectivity index (χ0n) is 12.3. The molecule has 1 aromatic carbocycles. The summed E-state index contributed by atoms with van der Waals surface area (Å²) < 4.78 is 0. The average molecular weight is 325 g/mol. The number of halogens is 1. The van der Waals surface area contributed by atoms with Gasteiger partial charge in [0.15, 0.2) is 0 Å². The van der Waals surface area contributed by atoms with Gasteiger partial charge in [-0.3, -0.25) is 4.90 Å². The summed E-state index contributed by atoms with van der Waals surface area (Å²) in [5.41, 5.74) is 3.35. The molecule has 0 amide bonds. The molecule has 0 aliphatic heterocycles. The van der Waals surface area contributed by atoms with Crippen LogP contribution in [0.25, 0.3) is 10.6 Å². The van der Waals surface area contributed by atoms with E-state index < -0.39 is 0 Å². The molecule has 5 heteroatoms. The van der Waals surface area contributed by atoms with E-state index in [9.17, 15) is 0 Å². The third-order valence-electron chi connectivity index (χ3n) is 3.35. The first-order chi connectivity index (χ1) is 10.3. The highest BCUT2D eigenvalue weighted by Crippen LogP contribution is 2.25. The Kier molecular flexibility index (Phi) is 6.64. The molecule has 0 unspecified atom stereocenters. The van der Waals surface area contributed by atoms with Gasteiger partial charge in [0.2, 0.25) is 0 Å². The minimum Gasteiger partial charge on any atom is -0.396 e. The van der Waals surface area contributed by atoms with Gasteiger partial charge in [-0.15, -0.1) is 22.9 Å². The van der Waals surface area contributed by atoms with E-state index in [1.54, 1.807) is 11.3 Å². The molecule has 0 fully saturated rings. The van der Waals surface area contributed by atoms with Crippen molar-refractivity contribution in [3.63, 3.8) is 0 Å². The molecule has 0 radical (unpaired) electrons. The number of thiazole rings is 1. The summed E-state index contributed by atoms with van der Waals surface area (Å²) in [6, 6.07) is 8.50. The first-order valence-electron chi connectivity index (χ1n) is 7.19. The molecule has 2 rings (SSSR count). The van der Waals surface area contributed by atoms with E-state index in [2.05, 4.69) is 41.1 Å². The molecule has 1 N–H and O–H groups in total. The monoisotopic (exact) mass is 324 g/mol. The van der Waals surface area contributed by atoms with Gasteiger partial charge in [0.25, 0.3) is 0 Å². The summed E-state index contributed by atoms with van der Waals surface area (Å²) in [4.78, 5) is 6.86. The molecule has 0 spiro atoms. The molecule has 1 heterocycles. The van der Waals surface area contributed by atoms with Gasteiger partial charge >= 0.3 is 0 Å². The van der Waals surface area contributed by atoms with Crippen LogP contribution in [0.5, 0.6) is 0 Å². The average Bonchev–Trinajstić information content (AvgIpc) is 3.01. The topological polar surface area (TPSA) is 36.4 Å². The van der Waals surface area contributed by atoms with E-state index in [1.165, 1.54) is 5.56 Å². The highest BCUT2D eigenvalue weighted by molar-refractivity contribution is 7.13. The Morgan fingerprint density at radius 1 is 1.38 bits per heavy atom. The SMILES string of the molecule is CCN(CCCO)Cc1cccc(-c2nc(CCl)cs2)c1. The van der Waals surface area contributed by atoms with Crippen molar-refractivity contribution in [2.75, 3.05) is 19.7 Å². The normalized spacial score (nSPS) is 11.2.